The third-order valence-corrected chi connectivity index (χ3v) is 3.36. The van der Waals surface area contributed by atoms with Crippen molar-refractivity contribution in [2.75, 3.05) is 0 Å². The average molecular weight is 226 g/mol. The average Bonchev–Trinajstić information content (AvgIpc) is 2.50. The lowest BCUT2D eigenvalue weighted by Gasteiger charge is -2.17. The monoisotopic (exact) mass is 226 g/mol. The van der Waals surface area contributed by atoms with Crippen molar-refractivity contribution in [1.82, 2.24) is 0 Å². The van der Waals surface area contributed by atoms with E-state index in [9.17, 15) is 4.79 Å². The number of carbonyl (C=O) groups is 1. The number of aryl methyl sites for hydroxylation is 1. The smallest absolute Gasteiger partial charge is 0.345 e. The molecule has 1 aromatic rings. The van der Waals surface area contributed by atoms with Crippen LogP contribution in [-0.2, 0) is 6.42 Å². The van der Waals surface area contributed by atoms with Crippen molar-refractivity contribution in [2.45, 2.75) is 40.0 Å². The molecule has 0 amide bonds. The third-order valence-electron chi connectivity index (χ3n) is 2.22. The molecule has 0 spiro atoms. The van der Waals surface area contributed by atoms with Gasteiger partial charge in [-0.15, -0.1) is 11.3 Å². The molecular weight excluding hydrogens is 208 g/mol. The lowest BCUT2D eigenvalue weighted by atomic mass is 9.90. The number of rotatable bonds is 4. The lowest BCUT2D eigenvalue weighted by molar-refractivity contribution is 0.0702. The molecule has 15 heavy (non-hydrogen) atoms. The summed E-state index contributed by atoms with van der Waals surface area (Å²) in [4.78, 5) is 12.3. The number of thiophene rings is 1. The van der Waals surface area contributed by atoms with Gasteiger partial charge in [0.05, 0.1) is 0 Å². The van der Waals surface area contributed by atoms with Gasteiger partial charge < -0.3 is 5.11 Å². The molecule has 84 valence electrons. The zero-order valence-electron chi connectivity index (χ0n) is 9.54. The summed E-state index contributed by atoms with van der Waals surface area (Å²) in [5, 5.41) is 8.76. The van der Waals surface area contributed by atoms with Crippen LogP contribution in [0.5, 0.6) is 0 Å². The van der Waals surface area contributed by atoms with Crippen LogP contribution in [-0.4, -0.2) is 11.1 Å². The van der Waals surface area contributed by atoms with Crippen LogP contribution in [0.2, 0.25) is 0 Å². The summed E-state index contributed by atoms with van der Waals surface area (Å²) < 4.78 is 0. The molecular formula is C12H18O2S. The molecule has 0 unspecified atom stereocenters. The van der Waals surface area contributed by atoms with E-state index in [4.69, 9.17) is 5.11 Å². The molecule has 0 aliphatic rings. The fourth-order valence-corrected chi connectivity index (χ4v) is 2.31. The summed E-state index contributed by atoms with van der Waals surface area (Å²) in [7, 11) is 0. The first-order valence-corrected chi connectivity index (χ1v) is 6.02. The van der Waals surface area contributed by atoms with Crippen LogP contribution < -0.4 is 0 Å². The molecule has 3 heteroatoms. The summed E-state index contributed by atoms with van der Waals surface area (Å²) >= 11 is 1.39. The maximum Gasteiger partial charge on any atom is 0.345 e. The quantitative estimate of drug-likeness (QED) is 0.847. The van der Waals surface area contributed by atoms with Crippen LogP contribution in [0.1, 0.15) is 48.2 Å². The molecule has 0 aliphatic heterocycles. The van der Waals surface area contributed by atoms with Crippen molar-refractivity contribution in [3.05, 3.63) is 21.9 Å². The maximum absolute atomic E-state index is 10.7. The molecule has 0 fully saturated rings. The van der Waals surface area contributed by atoms with Gasteiger partial charge in [-0.05, 0) is 36.8 Å². The maximum atomic E-state index is 10.7. The minimum absolute atomic E-state index is 0.368. The normalized spacial score (nSPS) is 11.7. The molecule has 1 heterocycles. The lowest BCUT2D eigenvalue weighted by Crippen LogP contribution is -2.04. The molecule has 0 atom stereocenters. The summed E-state index contributed by atoms with van der Waals surface area (Å²) in [6.45, 7) is 6.68. The number of hydrogen-bond acceptors (Lipinski definition) is 2. The molecule has 0 saturated carbocycles. The Morgan fingerprint density at radius 2 is 2.07 bits per heavy atom. The minimum atomic E-state index is -0.818. The highest BCUT2D eigenvalue weighted by Crippen LogP contribution is 2.24. The second-order valence-electron chi connectivity index (χ2n) is 4.99. The van der Waals surface area contributed by atoms with Gasteiger partial charge in [0.15, 0.2) is 0 Å². The number of carboxylic acids is 1. The highest BCUT2D eigenvalue weighted by molar-refractivity contribution is 7.13. The predicted octanol–water partition coefficient (Wildman–Crippen LogP) is 3.82. The van der Waals surface area contributed by atoms with E-state index in [0.717, 1.165) is 12.8 Å². The van der Waals surface area contributed by atoms with E-state index in [0.29, 0.717) is 10.3 Å². The van der Waals surface area contributed by atoms with E-state index < -0.39 is 5.97 Å². The summed E-state index contributed by atoms with van der Waals surface area (Å²) in [6, 6.07) is 3.62. The van der Waals surface area contributed by atoms with Crippen LogP contribution in [0.25, 0.3) is 0 Å². The zero-order chi connectivity index (χ0) is 11.5. The Balaban J connectivity index is 2.41. The Bertz CT molecular complexity index is 334. The van der Waals surface area contributed by atoms with Crippen LogP contribution in [0.4, 0.5) is 0 Å². The number of hydrogen-bond donors (Lipinski definition) is 1. The summed E-state index contributed by atoms with van der Waals surface area (Å²) in [5.41, 5.74) is 0.368. The Morgan fingerprint density at radius 3 is 2.53 bits per heavy atom. The molecule has 1 N–H and O–H groups in total. The van der Waals surface area contributed by atoms with Crippen LogP contribution in [0, 0.1) is 5.41 Å². The van der Waals surface area contributed by atoms with E-state index >= 15 is 0 Å². The highest BCUT2D eigenvalue weighted by Gasteiger charge is 2.11. The van der Waals surface area contributed by atoms with Crippen molar-refractivity contribution in [1.29, 1.82) is 0 Å². The van der Waals surface area contributed by atoms with Crippen molar-refractivity contribution < 1.29 is 9.90 Å². The Kier molecular flexibility index (Phi) is 3.91. The predicted molar refractivity (Wildman–Crippen MR) is 63.7 cm³/mol. The fourth-order valence-electron chi connectivity index (χ4n) is 1.42. The summed E-state index contributed by atoms with van der Waals surface area (Å²) in [6.07, 6.45) is 3.30. The molecule has 0 bridgehead atoms. The molecule has 2 nitrogen and oxygen atoms in total. The van der Waals surface area contributed by atoms with Gasteiger partial charge in [0.25, 0.3) is 0 Å². The molecule has 0 aliphatic carbocycles. The fraction of sp³-hybridized carbons (Fsp3) is 0.583. The Hall–Kier alpha value is -0.830. The molecule has 0 radical (unpaired) electrons. The van der Waals surface area contributed by atoms with Crippen LogP contribution in [0.3, 0.4) is 0 Å². The van der Waals surface area contributed by atoms with Gasteiger partial charge in [-0.25, -0.2) is 4.79 Å². The number of carboxylic acid groups (broad SMARTS) is 1. The second-order valence-corrected chi connectivity index (χ2v) is 6.15. The van der Waals surface area contributed by atoms with E-state index in [1.807, 2.05) is 6.07 Å². The highest BCUT2D eigenvalue weighted by atomic mass is 32.1. The van der Waals surface area contributed by atoms with Gasteiger partial charge in [-0.2, -0.15) is 0 Å². The first kappa shape index (κ1) is 12.2. The van der Waals surface area contributed by atoms with E-state index in [-0.39, 0.29) is 0 Å². The van der Waals surface area contributed by atoms with Gasteiger partial charge in [-0.1, -0.05) is 20.8 Å². The van der Waals surface area contributed by atoms with Crippen molar-refractivity contribution >= 4 is 17.3 Å². The van der Waals surface area contributed by atoms with Gasteiger partial charge >= 0.3 is 5.97 Å². The second kappa shape index (κ2) is 4.79. The zero-order valence-corrected chi connectivity index (χ0v) is 10.4. The van der Waals surface area contributed by atoms with Crippen molar-refractivity contribution in [3.63, 3.8) is 0 Å². The Morgan fingerprint density at radius 1 is 1.40 bits per heavy atom. The van der Waals surface area contributed by atoms with Gasteiger partial charge in [0.2, 0.25) is 0 Å². The molecule has 1 rings (SSSR count). The first-order valence-electron chi connectivity index (χ1n) is 5.20. The number of aromatic carboxylic acids is 1. The molecule has 1 aromatic heterocycles. The first-order chi connectivity index (χ1) is 6.88. The van der Waals surface area contributed by atoms with Crippen LogP contribution >= 0.6 is 11.3 Å². The van der Waals surface area contributed by atoms with Gasteiger partial charge in [-0.3, -0.25) is 0 Å². The third kappa shape index (κ3) is 4.47. The van der Waals surface area contributed by atoms with Gasteiger partial charge in [0.1, 0.15) is 4.88 Å². The molecule has 0 saturated heterocycles. The summed E-state index contributed by atoms with van der Waals surface area (Å²) in [5.74, 6) is -0.818. The topological polar surface area (TPSA) is 37.3 Å². The van der Waals surface area contributed by atoms with E-state index in [1.165, 1.54) is 22.6 Å². The van der Waals surface area contributed by atoms with Crippen molar-refractivity contribution in [2.24, 2.45) is 5.41 Å². The van der Waals surface area contributed by atoms with Crippen molar-refractivity contribution in [3.8, 4) is 0 Å². The molecule has 0 aromatic carbocycles. The SMILES string of the molecule is CC(C)(C)CCCc1ccc(C(=O)O)s1. The Labute approximate surface area is 94.9 Å². The van der Waals surface area contributed by atoms with Crippen LogP contribution in [0.15, 0.2) is 12.1 Å². The standard InChI is InChI=1S/C12H18O2S/c1-12(2,3)8-4-5-9-6-7-10(15-9)11(13)14/h6-7H,4-5,8H2,1-3H3,(H,13,14). The largest absolute Gasteiger partial charge is 0.477 e. The van der Waals surface area contributed by atoms with E-state index in [1.54, 1.807) is 6.07 Å². The minimum Gasteiger partial charge on any atom is -0.477 e. The van der Waals surface area contributed by atoms with Gasteiger partial charge in [0, 0.05) is 4.88 Å². The van der Waals surface area contributed by atoms with E-state index in [2.05, 4.69) is 20.8 Å².